The standard InChI is InChI=1S/C12H10N2O.ClH.Ti/c15-11-6-2-1-5-10(11)9-14-12-7-3-4-8-13-12;;/h1-9,15H;1H;/q;;+1/p-1. The van der Waals surface area contributed by atoms with Gasteiger partial charge >= 0.3 is 28.7 Å². The summed E-state index contributed by atoms with van der Waals surface area (Å²) in [5, 5.41) is 9.48. The molecular formula is C12H10ClN2OTi. The summed E-state index contributed by atoms with van der Waals surface area (Å²) in [5.74, 6) is 0.845. The number of pyridine rings is 1. The molecule has 1 aromatic carbocycles. The van der Waals surface area contributed by atoms with Gasteiger partial charge in [0.25, 0.3) is 0 Å². The summed E-state index contributed by atoms with van der Waals surface area (Å²) in [6.45, 7) is 0. The summed E-state index contributed by atoms with van der Waals surface area (Å²) in [7, 11) is 4.64. The molecule has 0 saturated heterocycles. The Morgan fingerprint density at radius 3 is 2.47 bits per heavy atom. The van der Waals surface area contributed by atoms with Crippen LogP contribution >= 0.6 is 9.30 Å². The van der Waals surface area contributed by atoms with Crippen LogP contribution in [0, 0.1) is 0 Å². The molecule has 0 atom stereocenters. The molecule has 0 saturated carbocycles. The minimum absolute atomic E-state index is 0.220. The molecular weight excluding hydrogens is 271 g/mol. The summed E-state index contributed by atoms with van der Waals surface area (Å²) >= 11 is 1.47. The van der Waals surface area contributed by atoms with E-state index in [0.717, 1.165) is 0 Å². The van der Waals surface area contributed by atoms with Crippen LogP contribution in [0.2, 0.25) is 0 Å². The second-order valence-corrected chi connectivity index (χ2v) is 3.00. The second kappa shape index (κ2) is 8.01. The number of nitrogens with zero attached hydrogens (tertiary/aromatic N) is 2. The molecule has 0 aliphatic rings. The number of rotatable bonds is 2. The molecule has 0 bridgehead atoms. The van der Waals surface area contributed by atoms with Gasteiger partial charge in [0.05, 0.1) is 0 Å². The Balaban J connectivity index is 0.000000686. The number of hydrogen-bond donors (Lipinski definition) is 1. The molecule has 1 heterocycles. The van der Waals surface area contributed by atoms with Crippen molar-refractivity contribution >= 4 is 21.3 Å². The summed E-state index contributed by atoms with van der Waals surface area (Å²) in [6, 6.07) is 12.5. The van der Waals surface area contributed by atoms with Gasteiger partial charge < -0.3 is 5.11 Å². The average molecular weight is 282 g/mol. The Morgan fingerprint density at radius 2 is 1.82 bits per heavy atom. The number of benzene rings is 1. The molecule has 2 rings (SSSR count). The monoisotopic (exact) mass is 281 g/mol. The predicted molar refractivity (Wildman–Crippen MR) is 65.5 cm³/mol. The Bertz CT molecular complexity index is 477. The minimum atomic E-state index is 0.220. The fraction of sp³-hybridized carbons (Fsp3) is 0. The van der Waals surface area contributed by atoms with Crippen LogP contribution in [-0.2, 0) is 19.4 Å². The van der Waals surface area contributed by atoms with Gasteiger partial charge in [-0.05, 0) is 24.3 Å². The molecule has 0 radical (unpaired) electrons. The normalized spacial score (nSPS) is 9.65. The SMILES string of the molecule is Oc1ccccc1C=Nc1ccccn1.[Cl][Ti]. The molecule has 0 aliphatic heterocycles. The Labute approximate surface area is 115 Å². The number of phenolic OH excluding ortho intramolecular Hbond substituents is 1. The van der Waals surface area contributed by atoms with E-state index in [9.17, 15) is 5.11 Å². The molecule has 0 aliphatic carbocycles. The van der Waals surface area contributed by atoms with Crippen molar-refractivity contribution in [3.05, 3.63) is 54.2 Å². The van der Waals surface area contributed by atoms with Gasteiger partial charge in [-0.1, -0.05) is 18.2 Å². The zero-order valence-corrected chi connectivity index (χ0v) is 11.2. The van der Waals surface area contributed by atoms with E-state index >= 15 is 0 Å². The van der Waals surface area contributed by atoms with Crippen LogP contribution in [-0.4, -0.2) is 16.3 Å². The third-order valence-electron chi connectivity index (χ3n) is 1.92. The number of aromatic nitrogens is 1. The van der Waals surface area contributed by atoms with Crippen molar-refractivity contribution in [3.63, 3.8) is 0 Å². The average Bonchev–Trinajstić information content (AvgIpc) is 2.41. The quantitative estimate of drug-likeness (QED) is 0.678. The van der Waals surface area contributed by atoms with Gasteiger partial charge in [-0.2, -0.15) is 0 Å². The fourth-order valence-electron chi connectivity index (χ4n) is 1.16. The second-order valence-electron chi connectivity index (χ2n) is 3.00. The van der Waals surface area contributed by atoms with E-state index in [-0.39, 0.29) is 5.75 Å². The Morgan fingerprint density at radius 1 is 1.12 bits per heavy atom. The van der Waals surface area contributed by atoms with E-state index in [1.165, 1.54) is 19.4 Å². The van der Waals surface area contributed by atoms with E-state index in [1.807, 2.05) is 18.2 Å². The van der Waals surface area contributed by atoms with Gasteiger partial charge in [0, 0.05) is 18.0 Å². The number of hydrogen-bond acceptors (Lipinski definition) is 3. The maximum absolute atomic E-state index is 9.48. The van der Waals surface area contributed by atoms with Gasteiger partial charge in [-0.3, -0.25) is 0 Å². The first kappa shape index (κ1) is 13.9. The molecule has 1 N–H and O–H groups in total. The van der Waals surface area contributed by atoms with Gasteiger partial charge in [0.2, 0.25) is 0 Å². The number of aliphatic imine (C=N–C) groups is 1. The molecule has 3 nitrogen and oxygen atoms in total. The van der Waals surface area contributed by atoms with E-state index in [1.54, 1.807) is 36.7 Å². The molecule has 1 aromatic heterocycles. The van der Waals surface area contributed by atoms with Crippen molar-refractivity contribution < 1.29 is 24.5 Å². The topological polar surface area (TPSA) is 45.5 Å². The van der Waals surface area contributed by atoms with Gasteiger partial charge in [-0.25, -0.2) is 9.98 Å². The molecule has 2 aromatic rings. The summed E-state index contributed by atoms with van der Waals surface area (Å²) < 4.78 is 0. The van der Waals surface area contributed by atoms with Crippen molar-refractivity contribution in [2.45, 2.75) is 0 Å². The molecule has 0 spiro atoms. The molecule has 17 heavy (non-hydrogen) atoms. The van der Waals surface area contributed by atoms with Crippen LogP contribution in [0.1, 0.15) is 5.56 Å². The third-order valence-corrected chi connectivity index (χ3v) is 1.92. The Hall–Kier alpha value is -1.16. The zero-order chi connectivity index (χ0) is 12.5. The summed E-state index contributed by atoms with van der Waals surface area (Å²) in [5.41, 5.74) is 0.683. The van der Waals surface area contributed by atoms with E-state index < -0.39 is 0 Å². The van der Waals surface area contributed by atoms with Gasteiger partial charge in [-0.15, -0.1) is 0 Å². The van der Waals surface area contributed by atoms with Gasteiger partial charge in [0.1, 0.15) is 5.75 Å². The van der Waals surface area contributed by atoms with Crippen molar-refractivity contribution in [1.29, 1.82) is 0 Å². The zero-order valence-electron chi connectivity index (χ0n) is 8.92. The molecule has 0 amide bonds. The predicted octanol–water partition coefficient (Wildman–Crippen LogP) is 3.22. The van der Waals surface area contributed by atoms with Crippen molar-refractivity contribution in [2.24, 2.45) is 4.99 Å². The number of phenols is 1. The fourth-order valence-corrected chi connectivity index (χ4v) is 1.16. The maximum atomic E-state index is 9.48. The summed E-state index contributed by atoms with van der Waals surface area (Å²) in [4.78, 5) is 8.19. The van der Waals surface area contributed by atoms with Crippen molar-refractivity contribution in [1.82, 2.24) is 4.98 Å². The van der Waals surface area contributed by atoms with Crippen LogP contribution in [0.15, 0.2) is 53.7 Å². The first-order valence-corrected chi connectivity index (χ1v) is 6.93. The number of aromatic hydroxyl groups is 1. The molecule has 0 fully saturated rings. The number of halogens is 1. The van der Waals surface area contributed by atoms with Gasteiger partial charge in [0.15, 0.2) is 5.82 Å². The van der Waals surface area contributed by atoms with Crippen LogP contribution in [0.25, 0.3) is 0 Å². The van der Waals surface area contributed by atoms with Crippen LogP contribution < -0.4 is 0 Å². The van der Waals surface area contributed by atoms with E-state index in [4.69, 9.17) is 0 Å². The summed E-state index contributed by atoms with van der Waals surface area (Å²) in [6.07, 6.45) is 3.27. The molecule has 85 valence electrons. The van der Waals surface area contributed by atoms with E-state index in [0.29, 0.717) is 11.4 Å². The third kappa shape index (κ3) is 4.69. The van der Waals surface area contributed by atoms with Crippen LogP contribution in [0.4, 0.5) is 5.82 Å². The van der Waals surface area contributed by atoms with Crippen LogP contribution in [0.3, 0.4) is 0 Å². The first-order valence-electron chi connectivity index (χ1n) is 4.78. The Kier molecular flexibility index (Phi) is 6.55. The van der Waals surface area contributed by atoms with E-state index in [2.05, 4.69) is 19.3 Å². The van der Waals surface area contributed by atoms with Crippen LogP contribution in [0.5, 0.6) is 5.75 Å². The van der Waals surface area contributed by atoms with Crippen molar-refractivity contribution in [3.8, 4) is 5.75 Å². The number of para-hydroxylation sites is 1. The molecule has 5 heteroatoms. The molecule has 0 unspecified atom stereocenters. The van der Waals surface area contributed by atoms with Crippen molar-refractivity contribution in [2.75, 3.05) is 0 Å². The first-order chi connectivity index (χ1) is 8.36.